The first kappa shape index (κ1) is 33.3. The predicted molar refractivity (Wildman–Crippen MR) is 195 cm³/mol. The summed E-state index contributed by atoms with van der Waals surface area (Å²) < 4.78 is 0. The zero-order chi connectivity index (χ0) is 31.8. The van der Waals surface area contributed by atoms with Crippen molar-refractivity contribution in [1.82, 2.24) is 0 Å². The minimum absolute atomic E-state index is 0.361. The first-order valence-electron chi connectivity index (χ1n) is 17.0. The van der Waals surface area contributed by atoms with Gasteiger partial charge in [0.1, 0.15) is 0 Å². The van der Waals surface area contributed by atoms with Gasteiger partial charge in [0.25, 0.3) is 0 Å². The van der Waals surface area contributed by atoms with Gasteiger partial charge < -0.3 is 0 Å². The van der Waals surface area contributed by atoms with Crippen LogP contribution in [0.15, 0.2) is 78.4 Å². The Kier molecular flexibility index (Phi) is 10.2. The van der Waals surface area contributed by atoms with E-state index in [-0.39, 0.29) is 0 Å². The highest BCUT2D eigenvalue weighted by atomic mass is 28.3. The molecule has 1 unspecified atom stereocenters. The highest BCUT2D eigenvalue weighted by Gasteiger charge is 2.48. The molecule has 3 aromatic rings. The summed E-state index contributed by atoms with van der Waals surface area (Å²) >= 11 is 0. The fourth-order valence-corrected chi connectivity index (χ4v) is 12.4. The van der Waals surface area contributed by atoms with Crippen LogP contribution in [0.3, 0.4) is 0 Å². The Bertz CT molecular complexity index is 1260. The van der Waals surface area contributed by atoms with Crippen molar-refractivity contribution in [2.24, 2.45) is 0 Å². The lowest BCUT2D eigenvalue weighted by Crippen LogP contribution is -2.70. The van der Waals surface area contributed by atoms with E-state index in [4.69, 9.17) is 0 Å². The quantitative estimate of drug-likeness (QED) is 0.163. The third kappa shape index (κ3) is 6.58. The summed E-state index contributed by atoms with van der Waals surface area (Å²) in [6, 6.07) is 23.2. The van der Waals surface area contributed by atoms with E-state index in [2.05, 4.69) is 163 Å². The van der Waals surface area contributed by atoms with Crippen LogP contribution in [0.25, 0.3) is 0 Å². The number of benzene rings is 3. The lowest BCUT2D eigenvalue weighted by Gasteiger charge is -2.41. The Morgan fingerprint density at radius 2 is 0.674 bits per heavy atom. The Hall–Kier alpha value is -2.64. The summed E-state index contributed by atoms with van der Waals surface area (Å²) in [6.45, 7) is 30.7. The smallest absolute Gasteiger partial charge is 0.0791 e. The SMILES string of the molecule is CC1=CC=CC1[Si](c1cc(C(C)C)cc(C(C)C)c1)(c1cc(C(C)C)cc(C(C)C)c1)c1cc(C(C)C)cc(C(C)C)c1. The molecule has 0 nitrogen and oxygen atoms in total. The van der Waals surface area contributed by atoms with E-state index in [1.807, 2.05) is 0 Å². The number of rotatable bonds is 10. The second kappa shape index (κ2) is 13.2. The van der Waals surface area contributed by atoms with Gasteiger partial charge >= 0.3 is 0 Å². The monoisotopic (exact) mass is 590 g/mol. The van der Waals surface area contributed by atoms with Gasteiger partial charge in [-0.1, -0.05) is 161 Å². The third-order valence-corrected chi connectivity index (χ3v) is 15.1. The summed E-state index contributed by atoms with van der Waals surface area (Å²) in [6.07, 6.45) is 7.27. The van der Waals surface area contributed by atoms with Gasteiger partial charge in [0, 0.05) is 5.54 Å². The summed E-state index contributed by atoms with van der Waals surface area (Å²) in [4.78, 5) is 0. The van der Waals surface area contributed by atoms with Gasteiger partial charge in [-0.25, -0.2) is 0 Å². The van der Waals surface area contributed by atoms with Crippen molar-refractivity contribution in [1.29, 1.82) is 0 Å². The van der Waals surface area contributed by atoms with Crippen LogP contribution in [-0.4, -0.2) is 8.07 Å². The predicted octanol–water partition coefficient (Wildman–Crippen LogP) is 10.8. The number of hydrogen-bond acceptors (Lipinski definition) is 0. The van der Waals surface area contributed by atoms with Crippen molar-refractivity contribution in [3.05, 3.63) is 112 Å². The molecule has 0 saturated carbocycles. The molecule has 0 bridgehead atoms. The van der Waals surface area contributed by atoms with Crippen LogP contribution in [-0.2, 0) is 0 Å². The topological polar surface area (TPSA) is 0 Å². The van der Waals surface area contributed by atoms with Crippen LogP contribution in [0.4, 0.5) is 0 Å². The molecule has 230 valence electrons. The van der Waals surface area contributed by atoms with Crippen molar-refractivity contribution < 1.29 is 0 Å². The zero-order valence-electron chi connectivity index (χ0n) is 29.5. The second-order valence-electron chi connectivity index (χ2n) is 15.2. The van der Waals surface area contributed by atoms with E-state index >= 15 is 0 Å². The van der Waals surface area contributed by atoms with Crippen LogP contribution in [0, 0.1) is 0 Å². The highest BCUT2D eigenvalue weighted by molar-refractivity contribution is 7.13. The van der Waals surface area contributed by atoms with Crippen LogP contribution in [0.2, 0.25) is 5.54 Å². The molecule has 3 aromatic carbocycles. The van der Waals surface area contributed by atoms with Gasteiger partial charge in [-0.2, -0.15) is 0 Å². The number of hydrogen-bond donors (Lipinski definition) is 0. The molecule has 1 atom stereocenters. The molecule has 0 fully saturated rings. The molecule has 0 heterocycles. The Morgan fingerprint density at radius 1 is 0.419 bits per heavy atom. The maximum Gasteiger partial charge on any atom is 0.159 e. The Balaban J connectivity index is 2.31. The fraction of sp³-hybridized carbons (Fsp3) is 0.476. The van der Waals surface area contributed by atoms with Crippen LogP contribution in [0.1, 0.15) is 159 Å². The molecule has 0 aliphatic heterocycles. The molecule has 43 heavy (non-hydrogen) atoms. The molecule has 0 amide bonds. The normalized spacial score (nSPS) is 15.7. The minimum Gasteiger partial charge on any atom is -0.0791 e. The van der Waals surface area contributed by atoms with Gasteiger partial charge in [0.15, 0.2) is 8.07 Å². The van der Waals surface area contributed by atoms with E-state index in [0.717, 1.165) is 0 Å². The minimum atomic E-state index is -2.67. The highest BCUT2D eigenvalue weighted by Crippen LogP contribution is 2.38. The molecule has 0 radical (unpaired) electrons. The van der Waals surface area contributed by atoms with Crippen LogP contribution in [0.5, 0.6) is 0 Å². The van der Waals surface area contributed by atoms with Gasteiger partial charge in [0.2, 0.25) is 0 Å². The number of allylic oxidation sites excluding steroid dienone is 4. The lowest BCUT2D eigenvalue weighted by atomic mass is 9.95. The molecular formula is C42H58Si. The molecule has 0 spiro atoms. The standard InChI is InChI=1S/C42H58Si/c1-26(2)33-17-34(27(3)4)21-39(20-33)43(42-16-14-15-32(42)13,40-22-35(28(5)6)18-36(23-40)29(7)8)41-24-37(30(9)10)19-38(25-41)31(11)12/h14-31,42H,1-13H3. The molecule has 0 saturated heterocycles. The first-order valence-corrected chi connectivity index (χ1v) is 19.0. The van der Waals surface area contributed by atoms with Crippen LogP contribution < -0.4 is 15.6 Å². The van der Waals surface area contributed by atoms with E-state index in [1.54, 1.807) is 15.6 Å². The second-order valence-corrected chi connectivity index (χ2v) is 19.1. The average Bonchev–Trinajstić information content (AvgIpc) is 3.38. The van der Waals surface area contributed by atoms with Crippen molar-refractivity contribution in [3.8, 4) is 0 Å². The summed E-state index contributed by atoms with van der Waals surface area (Å²) in [5.74, 6) is 2.84. The Morgan fingerprint density at radius 3 is 0.860 bits per heavy atom. The van der Waals surface area contributed by atoms with Crippen molar-refractivity contribution in [3.63, 3.8) is 0 Å². The van der Waals surface area contributed by atoms with Gasteiger partial charge in [-0.05, 0) is 91.4 Å². The summed E-state index contributed by atoms with van der Waals surface area (Å²) in [5.41, 5.74) is 10.7. The molecule has 1 aliphatic carbocycles. The van der Waals surface area contributed by atoms with Crippen molar-refractivity contribution in [2.45, 2.75) is 131 Å². The molecular weight excluding hydrogens is 533 g/mol. The van der Waals surface area contributed by atoms with E-state index in [1.165, 1.54) is 39.0 Å². The van der Waals surface area contributed by atoms with Gasteiger partial charge in [0.05, 0.1) is 0 Å². The summed E-state index contributed by atoms with van der Waals surface area (Å²) in [5, 5.41) is 4.70. The van der Waals surface area contributed by atoms with Crippen molar-refractivity contribution in [2.75, 3.05) is 0 Å². The third-order valence-electron chi connectivity index (χ3n) is 9.92. The van der Waals surface area contributed by atoms with E-state index in [9.17, 15) is 0 Å². The fourth-order valence-electron chi connectivity index (χ4n) is 6.81. The summed E-state index contributed by atoms with van der Waals surface area (Å²) in [7, 11) is -2.67. The molecule has 1 heteroatoms. The Labute approximate surface area is 265 Å². The maximum atomic E-state index is 2.62. The maximum absolute atomic E-state index is 2.67. The molecule has 4 rings (SSSR count). The molecule has 0 N–H and O–H groups in total. The van der Waals surface area contributed by atoms with Crippen molar-refractivity contribution >= 4 is 23.6 Å². The first-order chi connectivity index (χ1) is 20.2. The van der Waals surface area contributed by atoms with E-state index in [0.29, 0.717) is 41.0 Å². The molecule has 0 aromatic heterocycles. The lowest BCUT2D eigenvalue weighted by molar-refractivity contribution is 0.834. The largest absolute Gasteiger partial charge is 0.159 e. The van der Waals surface area contributed by atoms with Gasteiger partial charge in [-0.15, -0.1) is 0 Å². The average molecular weight is 591 g/mol. The van der Waals surface area contributed by atoms with Gasteiger partial charge in [-0.3, -0.25) is 0 Å². The van der Waals surface area contributed by atoms with E-state index < -0.39 is 8.07 Å². The molecule has 1 aliphatic rings. The zero-order valence-corrected chi connectivity index (χ0v) is 30.5. The van der Waals surface area contributed by atoms with Crippen LogP contribution >= 0.6 is 0 Å².